The van der Waals surface area contributed by atoms with Gasteiger partial charge in [0.15, 0.2) is 17.2 Å². The number of carbonyl (C=O) groups excluding carboxylic acids is 2. The minimum absolute atomic E-state index is 0. The molecule has 6 N–H and O–H groups in total. The van der Waals surface area contributed by atoms with Gasteiger partial charge in [-0.2, -0.15) is 0 Å². The number of halogens is 1. The molecule has 0 aliphatic heterocycles. The summed E-state index contributed by atoms with van der Waals surface area (Å²) in [6, 6.07) is 0. The number of rotatable bonds is 2. The second-order valence-corrected chi connectivity index (χ2v) is 9.75. The second-order valence-electron chi connectivity index (χ2n) is 9.75. The lowest BCUT2D eigenvalue weighted by Gasteiger charge is -2.62. The third-order valence-electron chi connectivity index (χ3n) is 8.79. The molecule has 0 bridgehead atoms. The van der Waals surface area contributed by atoms with Crippen LogP contribution in [0, 0.1) is 28.6 Å². The summed E-state index contributed by atoms with van der Waals surface area (Å²) in [5, 5.41) is 32.0. The lowest BCUT2D eigenvalue weighted by molar-refractivity contribution is -0.219. The Labute approximate surface area is 170 Å². The summed E-state index contributed by atoms with van der Waals surface area (Å²) < 4.78 is 16.9. The van der Waals surface area contributed by atoms with Gasteiger partial charge in [0.25, 0.3) is 0 Å². The van der Waals surface area contributed by atoms with E-state index in [0.29, 0.717) is 24.8 Å². The van der Waals surface area contributed by atoms with Gasteiger partial charge in [0, 0.05) is 16.7 Å². The molecule has 6 nitrogen and oxygen atoms in total. The average Bonchev–Trinajstić information content (AvgIpc) is 2.84. The highest BCUT2D eigenvalue weighted by Crippen LogP contribution is 2.70. The van der Waals surface area contributed by atoms with E-state index in [1.807, 2.05) is 0 Å². The summed E-state index contributed by atoms with van der Waals surface area (Å²) >= 11 is 0. The predicted molar refractivity (Wildman–Crippen MR) is 105 cm³/mol. The molecule has 0 aromatic carbocycles. The first-order chi connectivity index (χ1) is 13.0. The summed E-state index contributed by atoms with van der Waals surface area (Å²) in [7, 11) is 0. The van der Waals surface area contributed by atoms with Crippen LogP contribution in [0.5, 0.6) is 0 Å². The van der Waals surface area contributed by atoms with Crippen molar-refractivity contribution < 1.29 is 29.3 Å². The van der Waals surface area contributed by atoms with Crippen LogP contribution in [0.2, 0.25) is 0 Å². The van der Waals surface area contributed by atoms with Crippen LogP contribution in [0.3, 0.4) is 0 Å². The van der Waals surface area contributed by atoms with Crippen molar-refractivity contribution in [1.82, 2.24) is 6.15 Å². The topological polar surface area (TPSA) is 130 Å². The maximum atomic E-state index is 16.9. The van der Waals surface area contributed by atoms with E-state index < -0.39 is 52.4 Å². The van der Waals surface area contributed by atoms with Crippen LogP contribution in [-0.4, -0.2) is 50.9 Å². The molecule has 0 aromatic heterocycles. The number of hydrogen-bond donors (Lipinski definition) is 4. The van der Waals surface area contributed by atoms with Gasteiger partial charge in [-0.25, -0.2) is 4.39 Å². The third kappa shape index (κ3) is 2.36. The van der Waals surface area contributed by atoms with Crippen LogP contribution < -0.4 is 6.15 Å². The van der Waals surface area contributed by atoms with Gasteiger partial charge in [-0.15, -0.1) is 0 Å². The van der Waals surface area contributed by atoms with Crippen molar-refractivity contribution in [2.45, 2.75) is 63.8 Å². The fraction of sp³-hybridized carbons (Fsp3) is 0.727. The standard InChI is InChI=1S/C22H29FO5.H3N/c1-12-8-16-15-5-4-13-9-14(25)6-7-19(13,2)21(15,23)17(26)10-20(16,3)22(12,28)18(27)11-24;/h6-7,9,12,15-17,24,26,28H,4-5,8,10-11H2,1-3H3;1H3/t12-,15+,16+,17+,19+,20+,21+,22+;/m1./s1. The van der Waals surface area contributed by atoms with Crippen LogP contribution in [0.15, 0.2) is 23.8 Å². The van der Waals surface area contributed by atoms with E-state index in [4.69, 9.17) is 0 Å². The molecular weight excluding hydrogens is 377 g/mol. The number of carbonyl (C=O) groups is 2. The van der Waals surface area contributed by atoms with Crippen LogP contribution >= 0.6 is 0 Å². The largest absolute Gasteiger partial charge is 0.390 e. The Morgan fingerprint density at radius 2 is 1.97 bits per heavy atom. The van der Waals surface area contributed by atoms with Crippen LogP contribution in [0.1, 0.15) is 46.5 Å². The molecule has 4 aliphatic carbocycles. The van der Waals surface area contributed by atoms with E-state index >= 15 is 4.39 Å². The predicted octanol–water partition coefficient (Wildman–Crippen LogP) is 2.06. The van der Waals surface area contributed by atoms with E-state index in [-0.39, 0.29) is 24.3 Å². The summed E-state index contributed by atoms with van der Waals surface area (Å²) in [4.78, 5) is 24.4. The normalized spacial score (nSPS) is 50.7. The van der Waals surface area contributed by atoms with Gasteiger partial charge in [-0.3, -0.25) is 9.59 Å². The van der Waals surface area contributed by atoms with Crippen molar-refractivity contribution >= 4 is 11.6 Å². The molecule has 0 radical (unpaired) electrons. The molecular formula is C22H32FNO5. The first kappa shape index (κ1) is 22.3. The highest BCUT2D eigenvalue weighted by atomic mass is 19.1. The van der Waals surface area contributed by atoms with E-state index in [2.05, 4.69) is 0 Å². The molecule has 4 rings (SSSR count). The number of allylic oxidation sites excluding steroid dienone is 4. The smallest absolute Gasteiger partial charge is 0.190 e. The summed E-state index contributed by atoms with van der Waals surface area (Å²) in [6.45, 7) is 4.48. The van der Waals surface area contributed by atoms with Crippen molar-refractivity contribution in [2.24, 2.45) is 28.6 Å². The van der Waals surface area contributed by atoms with E-state index in [0.717, 1.165) is 0 Å². The van der Waals surface area contributed by atoms with Crippen LogP contribution in [0.25, 0.3) is 0 Å². The molecule has 3 fully saturated rings. The number of aliphatic hydroxyl groups excluding tert-OH is 2. The van der Waals surface area contributed by atoms with Gasteiger partial charge in [-0.1, -0.05) is 25.5 Å². The molecule has 0 heterocycles. The second kappa shape index (κ2) is 6.54. The minimum Gasteiger partial charge on any atom is -0.390 e. The average molecular weight is 409 g/mol. The van der Waals surface area contributed by atoms with Gasteiger partial charge in [0.05, 0.1) is 6.10 Å². The molecule has 0 amide bonds. The zero-order valence-corrected chi connectivity index (χ0v) is 17.3. The first-order valence-corrected chi connectivity index (χ1v) is 10.1. The lowest BCUT2D eigenvalue weighted by Crippen LogP contribution is -2.69. The minimum atomic E-state index is -1.98. The Morgan fingerprint density at radius 1 is 1.31 bits per heavy atom. The molecule has 7 heteroatoms. The summed E-state index contributed by atoms with van der Waals surface area (Å²) in [6.07, 6.45) is 4.44. The zero-order valence-electron chi connectivity index (χ0n) is 17.3. The Balaban J connectivity index is 0.00000240. The number of aliphatic hydroxyl groups is 3. The molecule has 0 aromatic rings. The Morgan fingerprint density at radius 3 is 2.59 bits per heavy atom. The Bertz CT molecular complexity index is 811. The van der Waals surface area contributed by atoms with Gasteiger partial charge < -0.3 is 21.5 Å². The van der Waals surface area contributed by atoms with Gasteiger partial charge in [0.2, 0.25) is 0 Å². The molecule has 8 atom stereocenters. The summed E-state index contributed by atoms with van der Waals surface area (Å²) in [5.74, 6) is -2.12. The van der Waals surface area contributed by atoms with Crippen molar-refractivity contribution in [3.05, 3.63) is 23.8 Å². The van der Waals surface area contributed by atoms with Gasteiger partial charge in [-0.05, 0) is 56.6 Å². The number of fused-ring (bicyclic) bond motifs is 5. The molecule has 0 saturated heterocycles. The molecule has 3 saturated carbocycles. The number of ketones is 2. The molecule has 162 valence electrons. The molecule has 4 aliphatic rings. The zero-order chi connectivity index (χ0) is 20.7. The maximum Gasteiger partial charge on any atom is 0.190 e. The summed E-state index contributed by atoms with van der Waals surface area (Å²) in [5.41, 5.74) is -5.17. The van der Waals surface area contributed by atoms with Crippen molar-refractivity contribution in [3.63, 3.8) is 0 Å². The van der Waals surface area contributed by atoms with Gasteiger partial charge >= 0.3 is 0 Å². The van der Waals surface area contributed by atoms with Crippen LogP contribution in [0.4, 0.5) is 4.39 Å². The molecule has 0 unspecified atom stereocenters. The maximum absolute atomic E-state index is 16.9. The lowest BCUT2D eigenvalue weighted by atomic mass is 9.44. The Kier molecular flexibility index (Phi) is 5.03. The van der Waals surface area contributed by atoms with Gasteiger partial charge in [0.1, 0.15) is 12.2 Å². The Hall–Kier alpha value is -1.41. The molecule has 0 spiro atoms. The van der Waals surface area contributed by atoms with E-state index in [9.17, 15) is 24.9 Å². The fourth-order valence-electron chi connectivity index (χ4n) is 7.26. The monoisotopic (exact) mass is 409 g/mol. The molecule has 29 heavy (non-hydrogen) atoms. The van der Waals surface area contributed by atoms with Crippen molar-refractivity contribution in [1.29, 1.82) is 0 Å². The first-order valence-electron chi connectivity index (χ1n) is 10.1. The fourth-order valence-corrected chi connectivity index (χ4v) is 7.26. The SMILES string of the molecule is C[C@@H]1C[C@H]2[C@@H]3CCC4=CC(=O)C=C[C@]4(C)[C@@]3(F)[C@@H](O)C[C@]2(C)[C@@]1(O)C(=O)CO.N. The number of alkyl halides is 1. The highest BCUT2D eigenvalue weighted by molar-refractivity contribution is 6.01. The van der Waals surface area contributed by atoms with Crippen molar-refractivity contribution in [2.75, 3.05) is 6.61 Å². The number of Topliss-reactive ketones (excluding diaryl/α,β-unsaturated/α-hetero) is 1. The third-order valence-corrected chi connectivity index (χ3v) is 8.79. The quantitative estimate of drug-likeness (QED) is 0.552. The number of hydrogen-bond acceptors (Lipinski definition) is 6. The van der Waals surface area contributed by atoms with Crippen molar-refractivity contribution in [3.8, 4) is 0 Å². The van der Waals surface area contributed by atoms with E-state index in [1.54, 1.807) is 26.8 Å². The highest BCUT2D eigenvalue weighted by Gasteiger charge is 2.75. The van der Waals surface area contributed by atoms with Crippen LogP contribution in [-0.2, 0) is 9.59 Å². The van der Waals surface area contributed by atoms with E-state index in [1.165, 1.54) is 12.2 Å².